The molecule has 0 saturated carbocycles. The lowest BCUT2D eigenvalue weighted by molar-refractivity contribution is 0.768. The summed E-state index contributed by atoms with van der Waals surface area (Å²) in [5.74, 6) is 0.696. The van der Waals surface area contributed by atoms with Crippen molar-refractivity contribution in [3.8, 4) is 67.3 Å². The zero-order chi connectivity index (χ0) is 41.7. The highest BCUT2D eigenvalue weighted by atomic mass is 14.9. The van der Waals surface area contributed by atoms with Crippen LogP contribution in [-0.2, 0) is 5.41 Å². The molecule has 11 aromatic rings. The fourth-order valence-electron chi connectivity index (χ4n) is 10.1. The Bertz CT molecular complexity index is 3460. The molecule has 0 bridgehead atoms. The second-order valence-electron chi connectivity index (χ2n) is 16.4. The van der Waals surface area contributed by atoms with Crippen molar-refractivity contribution in [2.75, 3.05) is 0 Å². The van der Waals surface area contributed by atoms with Gasteiger partial charge < -0.3 is 0 Å². The molecular formula is C61H40N2. The maximum Gasteiger partial charge on any atom is 0.160 e. The van der Waals surface area contributed by atoms with Crippen LogP contribution in [0.25, 0.3) is 88.8 Å². The van der Waals surface area contributed by atoms with Gasteiger partial charge in [0.1, 0.15) is 0 Å². The number of fused-ring (bicyclic) bond motifs is 5. The summed E-state index contributed by atoms with van der Waals surface area (Å²) in [5.41, 5.74) is 16.8. The molecule has 0 amide bonds. The summed E-state index contributed by atoms with van der Waals surface area (Å²) in [6.45, 7) is 0. The van der Waals surface area contributed by atoms with E-state index in [0.717, 1.165) is 44.6 Å². The molecule has 1 heterocycles. The minimum atomic E-state index is -0.437. The lowest BCUT2D eigenvalue weighted by Gasteiger charge is -2.33. The van der Waals surface area contributed by atoms with Crippen LogP contribution in [0.4, 0.5) is 0 Å². The molecule has 0 saturated heterocycles. The van der Waals surface area contributed by atoms with Crippen molar-refractivity contribution < 1.29 is 0 Å². The Morgan fingerprint density at radius 1 is 0.270 bits per heavy atom. The van der Waals surface area contributed by atoms with Crippen molar-refractivity contribution in [1.29, 1.82) is 0 Å². The molecule has 2 nitrogen and oxygen atoms in total. The largest absolute Gasteiger partial charge is 0.228 e. The van der Waals surface area contributed by atoms with Crippen LogP contribution < -0.4 is 0 Å². The average Bonchev–Trinajstić information content (AvgIpc) is 3.67. The molecule has 2 heteroatoms. The topological polar surface area (TPSA) is 25.8 Å². The van der Waals surface area contributed by atoms with Gasteiger partial charge in [-0.3, -0.25) is 0 Å². The Labute approximate surface area is 367 Å². The number of hydrogen-bond donors (Lipinski definition) is 0. The Kier molecular flexibility index (Phi) is 8.76. The molecule has 1 aliphatic rings. The van der Waals surface area contributed by atoms with Gasteiger partial charge in [0.2, 0.25) is 0 Å². The smallest absolute Gasteiger partial charge is 0.160 e. The molecule has 0 spiro atoms. The first-order valence-corrected chi connectivity index (χ1v) is 21.6. The highest BCUT2D eigenvalue weighted by Crippen LogP contribution is 2.57. The van der Waals surface area contributed by atoms with Crippen LogP contribution in [0.3, 0.4) is 0 Å². The van der Waals surface area contributed by atoms with Crippen LogP contribution >= 0.6 is 0 Å². The highest BCUT2D eigenvalue weighted by Gasteiger charge is 2.46. The number of aromatic nitrogens is 2. The summed E-state index contributed by atoms with van der Waals surface area (Å²) in [7, 11) is 0. The Balaban J connectivity index is 1.03. The minimum Gasteiger partial charge on any atom is -0.228 e. The lowest BCUT2D eigenvalue weighted by atomic mass is 9.67. The van der Waals surface area contributed by atoms with Gasteiger partial charge in [-0.2, -0.15) is 0 Å². The fourth-order valence-corrected chi connectivity index (χ4v) is 10.1. The van der Waals surface area contributed by atoms with Crippen LogP contribution in [0.5, 0.6) is 0 Å². The van der Waals surface area contributed by atoms with E-state index >= 15 is 0 Å². The van der Waals surface area contributed by atoms with E-state index in [9.17, 15) is 0 Å². The third-order valence-corrected chi connectivity index (χ3v) is 13.0. The van der Waals surface area contributed by atoms with Gasteiger partial charge in [0, 0.05) is 16.7 Å². The molecule has 0 aliphatic heterocycles. The van der Waals surface area contributed by atoms with Crippen molar-refractivity contribution in [3.63, 3.8) is 0 Å². The Morgan fingerprint density at radius 3 is 1.51 bits per heavy atom. The van der Waals surface area contributed by atoms with Gasteiger partial charge in [-0.05, 0) is 95.4 Å². The first kappa shape index (κ1) is 36.6. The first-order valence-electron chi connectivity index (χ1n) is 21.6. The van der Waals surface area contributed by atoms with Gasteiger partial charge in [0.15, 0.2) is 5.82 Å². The quantitative estimate of drug-likeness (QED) is 0.160. The molecule has 0 radical (unpaired) electrons. The van der Waals surface area contributed by atoms with Gasteiger partial charge in [-0.1, -0.05) is 224 Å². The van der Waals surface area contributed by atoms with E-state index in [1.807, 2.05) is 6.07 Å². The number of hydrogen-bond acceptors (Lipinski definition) is 2. The summed E-state index contributed by atoms with van der Waals surface area (Å²) < 4.78 is 0. The third kappa shape index (κ3) is 6.02. The van der Waals surface area contributed by atoms with Crippen molar-refractivity contribution in [3.05, 3.63) is 265 Å². The van der Waals surface area contributed by atoms with Gasteiger partial charge in [0.25, 0.3) is 0 Å². The number of nitrogens with zero attached hydrogens (tertiary/aromatic N) is 2. The number of rotatable bonds is 7. The molecule has 0 atom stereocenters. The Hall–Kier alpha value is -8.20. The normalized spacial score (nSPS) is 12.6. The molecule has 10 aromatic carbocycles. The first-order chi connectivity index (χ1) is 31.2. The summed E-state index contributed by atoms with van der Waals surface area (Å²) in [4.78, 5) is 10.6. The zero-order valence-electron chi connectivity index (χ0n) is 34.5. The van der Waals surface area contributed by atoms with E-state index in [-0.39, 0.29) is 0 Å². The summed E-state index contributed by atoms with van der Waals surface area (Å²) in [6.07, 6.45) is 0. The predicted octanol–water partition coefficient (Wildman–Crippen LogP) is 15.5. The standard InChI is InChI=1S/C61H40N2/c1-4-19-42(20-5-1)60-62-58(53-30-15-12-26-48(53)44-33-32-41-18-10-11-21-43(41)38-44)40-59(63-60)54-36-35-49(50-27-13-14-28-51(50)54)45-34-37-57-55(39-45)52-29-16-17-31-56(52)61(57,46-22-6-2-7-23-46)47-24-8-3-9-25-47/h1-40H. The molecule has 12 rings (SSSR count). The minimum absolute atomic E-state index is 0.437. The van der Waals surface area contributed by atoms with Crippen LogP contribution in [0, 0.1) is 0 Å². The fraction of sp³-hybridized carbons (Fsp3) is 0.0164. The third-order valence-electron chi connectivity index (χ3n) is 13.0. The van der Waals surface area contributed by atoms with Crippen molar-refractivity contribution in [2.24, 2.45) is 0 Å². The molecule has 1 aromatic heterocycles. The molecule has 1 aliphatic carbocycles. The molecule has 0 unspecified atom stereocenters. The van der Waals surface area contributed by atoms with E-state index in [4.69, 9.17) is 9.97 Å². The number of benzene rings is 10. The van der Waals surface area contributed by atoms with E-state index in [2.05, 4.69) is 237 Å². The average molecular weight is 801 g/mol. The van der Waals surface area contributed by atoms with Gasteiger partial charge in [-0.25, -0.2) is 9.97 Å². The van der Waals surface area contributed by atoms with Crippen LogP contribution in [0.2, 0.25) is 0 Å². The second-order valence-corrected chi connectivity index (χ2v) is 16.4. The monoisotopic (exact) mass is 800 g/mol. The van der Waals surface area contributed by atoms with E-state index in [0.29, 0.717) is 5.82 Å². The molecule has 63 heavy (non-hydrogen) atoms. The van der Waals surface area contributed by atoms with Crippen LogP contribution in [0.1, 0.15) is 22.3 Å². The highest BCUT2D eigenvalue weighted by molar-refractivity contribution is 6.06. The summed E-state index contributed by atoms with van der Waals surface area (Å²) >= 11 is 0. The molecule has 0 fully saturated rings. The van der Waals surface area contributed by atoms with Crippen LogP contribution in [0.15, 0.2) is 243 Å². The molecular weight excluding hydrogens is 761 g/mol. The SMILES string of the molecule is c1ccc(-c2nc(-c3ccccc3-c3ccc4ccccc4c3)cc(-c3ccc(-c4ccc5c(c4)-c4ccccc4C5(c4ccccc4)c4ccccc4)c4ccccc34)n2)cc1. The van der Waals surface area contributed by atoms with E-state index in [1.165, 1.54) is 60.7 Å². The van der Waals surface area contributed by atoms with E-state index in [1.54, 1.807) is 0 Å². The molecule has 294 valence electrons. The van der Waals surface area contributed by atoms with Crippen molar-refractivity contribution >= 4 is 21.5 Å². The van der Waals surface area contributed by atoms with E-state index < -0.39 is 5.41 Å². The predicted molar refractivity (Wildman–Crippen MR) is 262 cm³/mol. The molecule has 0 N–H and O–H groups in total. The van der Waals surface area contributed by atoms with Crippen LogP contribution in [-0.4, -0.2) is 9.97 Å². The lowest BCUT2D eigenvalue weighted by Crippen LogP contribution is -2.28. The second kappa shape index (κ2) is 15.1. The van der Waals surface area contributed by atoms with Crippen molar-refractivity contribution in [1.82, 2.24) is 9.97 Å². The van der Waals surface area contributed by atoms with Gasteiger partial charge in [-0.15, -0.1) is 0 Å². The summed E-state index contributed by atoms with van der Waals surface area (Å²) in [5, 5.41) is 4.76. The zero-order valence-corrected chi connectivity index (χ0v) is 34.5. The maximum atomic E-state index is 5.33. The Morgan fingerprint density at radius 2 is 0.778 bits per heavy atom. The van der Waals surface area contributed by atoms with Gasteiger partial charge >= 0.3 is 0 Å². The van der Waals surface area contributed by atoms with Gasteiger partial charge in [0.05, 0.1) is 16.8 Å². The maximum absolute atomic E-state index is 5.33. The summed E-state index contributed by atoms with van der Waals surface area (Å²) in [6, 6.07) is 87.7. The van der Waals surface area contributed by atoms with Crippen molar-refractivity contribution in [2.45, 2.75) is 5.41 Å².